The van der Waals surface area contributed by atoms with E-state index in [0.29, 0.717) is 6.07 Å². The third kappa shape index (κ3) is 4.97. The summed E-state index contributed by atoms with van der Waals surface area (Å²) in [6.45, 7) is 2.96. The Bertz CT molecular complexity index is 337. The number of carbonyl (C=O) groups is 1. The molecule has 0 spiro atoms. The summed E-state index contributed by atoms with van der Waals surface area (Å²) in [4.78, 5) is 9.25. The number of hydrogen-bond donors (Lipinski definition) is 1. The van der Waals surface area contributed by atoms with E-state index in [4.69, 9.17) is 5.11 Å². The SMILES string of the molecule is C=CC(=O)O.Fc1ccc(F)c(F)c1. The summed E-state index contributed by atoms with van der Waals surface area (Å²) < 4.78 is 35.9. The Labute approximate surface area is 78.3 Å². The van der Waals surface area contributed by atoms with Gasteiger partial charge in [0.25, 0.3) is 0 Å². The van der Waals surface area contributed by atoms with Crippen LogP contribution in [-0.2, 0) is 4.79 Å². The van der Waals surface area contributed by atoms with Crippen LogP contribution < -0.4 is 0 Å². The number of benzene rings is 1. The Morgan fingerprint density at radius 3 is 2.07 bits per heavy atom. The molecule has 76 valence electrons. The number of carboxylic acid groups (broad SMARTS) is 1. The van der Waals surface area contributed by atoms with Crippen molar-refractivity contribution in [1.82, 2.24) is 0 Å². The van der Waals surface area contributed by atoms with Crippen LogP contribution in [0.4, 0.5) is 13.2 Å². The van der Waals surface area contributed by atoms with E-state index in [2.05, 4.69) is 6.58 Å². The Kier molecular flexibility index (Phi) is 5.06. The topological polar surface area (TPSA) is 37.3 Å². The summed E-state index contributed by atoms with van der Waals surface area (Å²) in [5, 5.41) is 7.60. The molecule has 2 nitrogen and oxygen atoms in total. The van der Waals surface area contributed by atoms with Gasteiger partial charge in [0.05, 0.1) is 0 Å². The van der Waals surface area contributed by atoms with E-state index in [1.807, 2.05) is 0 Å². The first-order chi connectivity index (χ1) is 6.47. The van der Waals surface area contributed by atoms with Crippen molar-refractivity contribution in [2.45, 2.75) is 0 Å². The highest BCUT2D eigenvalue weighted by atomic mass is 19.2. The first-order valence-corrected chi connectivity index (χ1v) is 3.43. The highest BCUT2D eigenvalue weighted by Gasteiger charge is 1.99. The predicted molar refractivity (Wildman–Crippen MR) is 44.1 cm³/mol. The Hall–Kier alpha value is -1.78. The van der Waals surface area contributed by atoms with Crippen molar-refractivity contribution in [2.75, 3.05) is 0 Å². The van der Waals surface area contributed by atoms with Crippen LogP contribution in [0.5, 0.6) is 0 Å². The van der Waals surface area contributed by atoms with Crippen molar-refractivity contribution in [1.29, 1.82) is 0 Å². The van der Waals surface area contributed by atoms with Gasteiger partial charge in [-0.25, -0.2) is 18.0 Å². The van der Waals surface area contributed by atoms with Crippen LogP contribution in [0, 0.1) is 17.5 Å². The lowest BCUT2D eigenvalue weighted by molar-refractivity contribution is -0.131. The summed E-state index contributed by atoms with van der Waals surface area (Å²) in [6.07, 6.45) is 0.833. The molecule has 14 heavy (non-hydrogen) atoms. The zero-order valence-corrected chi connectivity index (χ0v) is 7.01. The molecule has 0 aliphatic rings. The number of rotatable bonds is 1. The number of carboxylic acids is 1. The summed E-state index contributed by atoms with van der Waals surface area (Å²) in [6, 6.07) is 2.10. The van der Waals surface area contributed by atoms with Gasteiger partial charge in [-0.05, 0) is 12.1 Å². The van der Waals surface area contributed by atoms with E-state index in [1.54, 1.807) is 0 Å². The van der Waals surface area contributed by atoms with Crippen LogP contribution in [0.25, 0.3) is 0 Å². The molecule has 0 atom stereocenters. The van der Waals surface area contributed by atoms with Crippen LogP contribution in [0.15, 0.2) is 30.9 Å². The van der Waals surface area contributed by atoms with Gasteiger partial charge in [0.15, 0.2) is 11.6 Å². The van der Waals surface area contributed by atoms with Crippen LogP contribution in [-0.4, -0.2) is 11.1 Å². The quantitative estimate of drug-likeness (QED) is 0.563. The normalized spacial score (nSPS) is 8.50. The van der Waals surface area contributed by atoms with Crippen LogP contribution >= 0.6 is 0 Å². The van der Waals surface area contributed by atoms with E-state index in [1.165, 1.54) is 0 Å². The molecule has 5 heteroatoms. The fourth-order valence-corrected chi connectivity index (χ4v) is 0.470. The lowest BCUT2D eigenvalue weighted by Gasteiger charge is -1.88. The number of aliphatic carboxylic acids is 1. The molecular weight excluding hydrogens is 197 g/mol. The molecule has 0 amide bonds. The first kappa shape index (κ1) is 12.2. The van der Waals surface area contributed by atoms with Crippen molar-refractivity contribution in [3.63, 3.8) is 0 Å². The number of hydrogen-bond acceptors (Lipinski definition) is 1. The summed E-state index contributed by atoms with van der Waals surface area (Å²) in [5.41, 5.74) is 0. The summed E-state index contributed by atoms with van der Waals surface area (Å²) in [7, 11) is 0. The van der Waals surface area contributed by atoms with Gasteiger partial charge >= 0.3 is 5.97 Å². The molecule has 1 N–H and O–H groups in total. The fourth-order valence-electron chi connectivity index (χ4n) is 0.470. The van der Waals surface area contributed by atoms with Gasteiger partial charge in [-0.2, -0.15) is 0 Å². The molecule has 0 fully saturated rings. The highest BCUT2D eigenvalue weighted by Crippen LogP contribution is 2.05. The van der Waals surface area contributed by atoms with Gasteiger partial charge in [-0.3, -0.25) is 0 Å². The van der Waals surface area contributed by atoms with Gasteiger partial charge in [0.2, 0.25) is 0 Å². The zero-order chi connectivity index (χ0) is 11.1. The van der Waals surface area contributed by atoms with Crippen LogP contribution in [0.1, 0.15) is 0 Å². The fraction of sp³-hybridized carbons (Fsp3) is 0. The smallest absolute Gasteiger partial charge is 0.327 e. The first-order valence-electron chi connectivity index (χ1n) is 3.43. The molecule has 0 aliphatic heterocycles. The molecule has 0 radical (unpaired) electrons. The van der Waals surface area contributed by atoms with Crippen molar-refractivity contribution in [2.24, 2.45) is 0 Å². The molecule has 0 saturated heterocycles. The maximum atomic E-state index is 12.0. The second kappa shape index (κ2) is 5.80. The standard InChI is InChI=1S/C6H3F3.C3H4O2/c7-4-1-2-5(8)6(9)3-4;1-2-3(4)5/h1-3H;2H,1H2,(H,4,5). The van der Waals surface area contributed by atoms with Gasteiger partial charge in [0.1, 0.15) is 5.82 Å². The van der Waals surface area contributed by atoms with E-state index in [-0.39, 0.29) is 0 Å². The van der Waals surface area contributed by atoms with E-state index in [0.717, 1.165) is 18.2 Å². The summed E-state index contributed by atoms with van der Waals surface area (Å²) >= 11 is 0. The van der Waals surface area contributed by atoms with E-state index in [9.17, 15) is 18.0 Å². The molecule has 0 saturated carbocycles. The van der Waals surface area contributed by atoms with Gasteiger partial charge in [-0.1, -0.05) is 6.58 Å². The monoisotopic (exact) mass is 204 g/mol. The second-order valence-corrected chi connectivity index (χ2v) is 2.10. The number of halogens is 3. The lowest BCUT2D eigenvalue weighted by atomic mass is 10.3. The largest absolute Gasteiger partial charge is 0.478 e. The van der Waals surface area contributed by atoms with Crippen molar-refractivity contribution in [3.05, 3.63) is 48.3 Å². The average molecular weight is 204 g/mol. The van der Waals surface area contributed by atoms with Gasteiger partial charge in [-0.15, -0.1) is 0 Å². The van der Waals surface area contributed by atoms with Crippen molar-refractivity contribution >= 4 is 5.97 Å². The molecule has 0 bridgehead atoms. The third-order valence-electron chi connectivity index (χ3n) is 1.06. The molecule has 0 heterocycles. The Morgan fingerprint density at radius 1 is 1.29 bits per heavy atom. The molecule has 0 unspecified atom stereocenters. The second-order valence-electron chi connectivity index (χ2n) is 2.10. The summed E-state index contributed by atoms with van der Waals surface area (Å²) in [5.74, 6) is -3.94. The average Bonchev–Trinajstić information content (AvgIpc) is 2.13. The van der Waals surface area contributed by atoms with Crippen LogP contribution in [0.2, 0.25) is 0 Å². The Morgan fingerprint density at radius 2 is 1.79 bits per heavy atom. The molecule has 0 aromatic heterocycles. The molecular formula is C9H7F3O2. The Balaban J connectivity index is 0.000000292. The van der Waals surface area contributed by atoms with Crippen molar-refractivity contribution < 1.29 is 23.1 Å². The zero-order valence-electron chi connectivity index (χ0n) is 7.01. The van der Waals surface area contributed by atoms with Gasteiger partial charge in [0, 0.05) is 12.1 Å². The van der Waals surface area contributed by atoms with E-state index >= 15 is 0 Å². The molecule has 1 aromatic carbocycles. The minimum Gasteiger partial charge on any atom is -0.478 e. The molecule has 0 aliphatic carbocycles. The molecule has 1 rings (SSSR count). The highest BCUT2D eigenvalue weighted by molar-refractivity contribution is 5.78. The lowest BCUT2D eigenvalue weighted by Crippen LogP contribution is -1.83. The van der Waals surface area contributed by atoms with E-state index < -0.39 is 23.4 Å². The third-order valence-corrected chi connectivity index (χ3v) is 1.06. The van der Waals surface area contributed by atoms with Crippen LogP contribution in [0.3, 0.4) is 0 Å². The van der Waals surface area contributed by atoms with Crippen molar-refractivity contribution in [3.8, 4) is 0 Å². The molecule has 1 aromatic rings. The minimum atomic E-state index is -1.16. The predicted octanol–water partition coefficient (Wildman–Crippen LogP) is 2.36. The maximum Gasteiger partial charge on any atom is 0.327 e. The minimum absolute atomic E-state index is 0.495. The maximum absolute atomic E-state index is 12.0. The van der Waals surface area contributed by atoms with Gasteiger partial charge < -0.3 is 5.11 Å².